The third-order valence-corrected chi connectivity index (χ3v) is 2.70. The van der Waals surface area contributed by atoms with Gasteiger partial charge in [-0.25, -0.2) is 0 Å². The zero-order chi connectivity index (χ0) is 12.7. The summed E-state index contributed by atoms with van der Waals surface area (Å²) in [4.78, 5) is 22.0. The molecule has 0 spiro atoms. The van der Waals surface area contributed by atoms with Gasteiger partial charge in [0, 0.05) is 20.3 Å². The fraction of sp³-hybridized carbons (Fsp3) is 0.818. The second-order valence-electron chi connectivity index (χ2n) is 4.10. The molecule has 2 N–H and O–H groups in total. The molecule has 6 heteroatoms. The molecule has 0 aliphatic carbocycles. The number of amides is 1. The monoisotopic (exact) mass is 245 g/mol. The molecule has 0 radical (unpaired) electrons. The van der Waals surface area contributed by atoms with Gasteiger partial charge in [-0.1, -0.05) is 0 Å². The molecule has 1 amide bonds. The van der Waals surface area contributed by atoms with Crippen LogP contribution in [0.3, 0.4) is 0 Å². The van der Waals surface area contributed by atoms with E-state index in [1.54, 1.807) is 0 Å². The molecule has 1 saturated heterocycles. The van der Waals surface area contributed by atoms with E-state index in [0.29, 0.717) is 6.42 Å². The highest BCUT2D eigenvalue weighted by Gasteiger charge is 2.20. The van der Waals surface area contributed by atoms with Crippen LogP contribution in [0.5, 0.6) is 0 Å². The Morgan fingerprint density at radius 2 is 2.35 bits per heavy atom. The van der Waals surface area contributed by atoms with Gasteiger partial charge < -0.3 is 19.9 Å². The van der Waals surface area contributed by atoms with E-state index in [-0.39, 0.29) is 25.0 Å². The summed E-state index contributed by atoms with van der Waals surface area (Å²) in [5.41, 5.74) is 0. The smallest absolute Gasteiger partial charge is 0.306 e. The maximum atomic E-state index is 11.5. The molecule has 0 aromatic carbocycles. The Hall–Kier alpha value is -1.14. The van der Waals surface area contributed by atoms with Crippen molar-refractivity contribution in [2.45, 2.75) is 37.9 Å². The fourth-order valence-corrected chi connectivity index (χ4v) is 1.75. The number of carbonyl (C=O) groups excluding carboxylic acids is 1. The lowest BCUT2D eigenvalue weighted by atomic mass is 10.1. The first-order valence-electron chi connectivity index (χ1n) is 5.74. The van der Waals surface area contributed by atoms with Crippen molar-refractivity contribution in [2.24, 2.45) is 0 Å². The van der Waals surface area contributed by atoms with Crippen LogP contribution >= 0.6 is 0 Å². The van der Waals surface area contributed by atoms with Crippen molar-refractivity contribution in [1.29, 1.82) is 0 Å². The Morgan fingerprint density at radius 3 is 2.88 bits per heavy atom. The standard InChI is InChI=1S/C11H19NO5/c1-16-9(6-11(14)15)7-12-10(13)5-8-3-2-4-17-8/h8-9H,2-7H2,1H3,(H,12,13)(H,14,15). The van der Waals surface area contributed by atoms with Crippen molar-refractivity contribution in [3.8, 4) is 0 Å². The third kappa shape index (κ3) is 5.65. The summed E-state index contributed by atoms with van der Waals surface area (Å²) < 4.78 is 10.3. The normalized spacial score (nSPS) is 21.1. The summed E-state index contributed by atoms with van der Waals surface area (Å²) in [5.74, 6) is -1.06. The molecule has 1 aliphatic rings. The molecule has 1 heterocycles. The molecule has 1 fully saturated rings. The number of nitrogens with one attached hydrogen (secondary N) is 1. The second-order valence-corrected chi connectivity index (χ2v) is 4.10. The Balaban J connectivity index is 2.18. The largest absolute Gasteiger partial charge is 0.481 e. The number of hydrogen-bond acceptors (Lipinski definition) is 4. The molecule has 1 rings (SSSR count). The zero-order valence-electron chi connectivity index (χ0n) is 9.98. The number of ether oxygens (including phenoxy) is 2. The quantitative estimate of drug-likeness (QED) is 0.667. The number of carboxylic acid groups (broad SMARTS) is 1. The molecule has 0 aromatic rings. The van der Waals surface area contributed by atoms with Gasteiger partial charge in [0.1, 0.15) is 0 Å². The molecule has 98 valence electrons. The van der Waals surface area contributed by atoms with Gasteiger partial charge in [-0.05, 0) is 12.8 Å². The van der Waals surface area contributed by atoms with E-state index in [0.717, 1.165) is 19.4 Å². The maximum absolute atomic E-state index is 11.5. The Morgan fingerprint density at radius 1 is 1.59 bits per heavy atom. The average Bonchev–Trinajstić information content (AvgIpc) is 2.76. The number of carboxylic acids is 1. The minimum Gasteiger partial charge on any atom is -0.481 e. The van der Waals surface area contributed by atoms with Crippen molar-refractivity contribution in [2.75, 3.05) is 20.3 Å². The topological polar surface area (TPSA) is 84.9 Å². The second kappa shape index (κ2) is 7.24. The molecular formula is C11H19NO5. The van der Waals surface area contributed by atoms with Crippen LogP contribution in [0.25, 0.3) is 0 Å². The summed E-state index contributed by atoms with van der Waals surface area (Å²) in [7, 11) is 1.43. The van der Waals surface area contributed by atoms with E-state index in [1.165, 1.54) is 7.11 Å². The number of hydrogen-bond donors (Lipinski definition) is 2. The Labute approximate surface area is 100 Å². The minimum atomic E-state index is -0.940. The van der Waals surface area contributed by atoms with Crippen LogP contribution < -0.4 is 5.32 Å². The number of methoxy groups -OCH3 is 1. The summed E-state index contributed by atoms with van der Waals surface area (Å²) in [5, 5.41) is 11.3. The minimum absolute atomic E-state index is 0.00969. The van der Waals surface area contributed by atoms with Crippen LogP contribution in [0, 0.1) is 0 Å². The highest BCUT2D eigenvalue weighted by atomic mass is 16.5. The van der Waals surface area contributed by atoms with Gasteiger partial charge in [-0.3, -0.25) is 9.59 Å². The van der Waals surface area contributed by atoms with Crippen molar-refractivity contribution in [1.82, 2.24) is 5.32 Å². The van der Waals surface area contributed by atoms with Gasteiger partial charge >= 0.3 is 5.97 Å². The van der Waals surface area contributed by atoms with Gasteiger partial charge in [0.25, 0.3) is 0 Å². The van der Waals surface area contributed by atoms with E-state index in [1.807, 2.05) is 0 Å². The van der Waals surface area contributed by atoms with Gasteiger partial charge in [-0.15, -0.1) is 0 Å². The Bertz CT molecular complexity index is 263. The average molecular weight is 245 g/mol. The fourth-order valence-electron chi connectivity index (χ4n) is 1.75. The van der Waals surface area contributed by atoms with Gasteiger partial charge in [0.05, 0.1) is 25.0 Å². The van der Waals surface area contributed by atoms with Crippen LogP contribution in [0.15, 0.2) is 0 Å². The zero-order valence-corrected chi connectivity index (χ0v) is 9.98. The van der Waals surface area contributed by atoms with Crippen molar-refractivity contribution in [3.05, 3.63) is 0 Å². The molecule has 0 saturated carbocycles. The summed E-state index contributed by atoms with van der Waals surface area (Å²) >= 11 is 0. The van der Waals surface area contributed by atoms with Crippen molar-refractivity contribution in [3.63, 3.8) is 0 Å². The predicted molar refractivity (Wildman–Crippen MR) is 59.7 cm³/mol. The molecule has 17 heavy (non-hydrogen) atoms. The summed E-state index contributed by atoms with van der Waals surface area (Å²) in [6, 6.07) is 0. The molecular weight excluding hydrogens is 226 g/mol. The van der Waals surface area contributed by atoms with Crippen molar-refractivity contribution < 1.29 is 24.2 Å². The molecule has 0 aromatic heterocycles. The Kier molecular flexibility index (Phi) is 5.93. The van der Waals surface area contributed by atoms with Crippen molar-refractivity contribution >= 4 is 11.9 Å². The highest BCUT2D eigenvalue weighted by Crippen LogP contribution is 2.14. The summed E-state index contributed by atoms with van der Waals surface area (Å²) in [6.07, 6.45) is 1.66. The van der Waals surface area contributed by atoms with Crippen LogP contribution in [0.4, 0.5) is 0 Å². The van der Waals surface area contributed by atoms with Gasteiger partial charge in [-0.2, -0.15) is 0 Å². The lowest BCUT2D eigenvalue weighted by Gasteiger charge is -2.15. The predicted octanol–water partition coefficient (Wildman–Crippen LogP) is 0.161. The molecule has 2 atom stereocenters. The lowest BCUT2D eigenvalue weighted by Crippen LogP contribution is -2.35. The molecule has 1 aliphatic heterocycles. The van der Waals surface area contributed by atoms with Crippen LogP contribution in [-0.2, 0) is 19.1 Å². The number of aliphatic carboxylic acids is 1. The number of rotatable bonds is 7. The van der Waals surface area contributed by atoms with E-state index in [2.05, 4.69) is 5.32 Å². The van der Waals surface area contributed by atoms with Crippen LogP contribution in [-0.4, -0.2) is 49.5 Å². The first-order chi connectivity index (χ1) is 8.11. The third-order valence-electron chi connectivity index (χ3n) is 2.70. The molecule has 2 unspecified atom stereocenters. The van der Waals surface area contributed by atoms with E-state index < -0.39 is 12.1 Å². The maximum Gasteiger partial charge on any atom is 0.306 e. The van der Waals surface area contributed by atoms with E-state index >= 15 is 0 Å². The number of carbonyl (C=O) groups is 2. The van der Waals surface area contributed by atoms with E-state index in [9.17, 15) is 9.59 Å². The van der Waals surface area contributed by atoms with Crippen LogP contribution in [0.1, 0.15) is 25.7 Å². The first kappa shape index (κ1) is 13.9. The highest BCUT2D eigenvalue weighted by molar-refractivity contribution is 5.76. The SMILES string of the molecule is COC(CNC(=O)CC1CCCO1)CC(=O)O. The molecule has 6 nitrogen and oxygen atoms in total. The lowest BCUT2D eigenvalue weighted by molar-refractivity contribution is -0.140. The van der Waals surface area contributed by atoms with E-state index in [4.69, 9.17) is 14.6 Å². The van der Waals surface area contributed by atoms with Crippen LogP contribution in [0.2, 0.25) is 0 Å². The molecule has 0 bridgehead atoms. The van der Waals surface area contributed by atoms with Gasteiger partial charge in [0.15, 0.2) is 0 Å². The summed E-state index contributed by atoms with van der Waals surface area (Å²) in [6.45, 7) is 0.937. The first-order valence-corrected chi connectivity index (χ1v) is 5.74. The van der Waals surface area contributed by atoms with Gasteiger partial charge in [0.2, 0.25) is 5.91 Å².